The highest BCUT2D eigenvalue weighted by Crippen LogP contribution is 2.51. The number of hydrogen-bond acceptors (Lipinski definition) is 7. The number of ether oxygens (including phenoxy) is 2. The maximum Gasteiger partial charge on any atom is 0.331 e. The molecule has 2 saturated heterocycles. The number of rotatable bonds is 7. The van der Waals surface area contributed by atoms with Crippen molar-refractivity contribution in [2.24, 2.45) is 0 Å². The van der Waals surface area contributed by atoms with Crippen LogP contribution in [0.25, 0.3) is 0 Å². The van der Waals surface area contributed by atoms with E-state index >= 15 is 0 Å². The minimum absolute atomic E-state index is 0.00937. The molecule has 4 rings (SSSR count). The number of fused-ring (bicyclic) bond motifs is 1. The zero-order chi connectivity index (χ0) is 23.6. The lowest BCUT2D eigenvalue weighted by atomic mass is 9.95. The number of nitriles is 1. The summed E-state index contributed by atoms with van der Waals surface area (Å²) in [5.74, 6) is -0.640. The van der Waals surface area contributed by atoms with Gasteiger partial charge in [0.15, 0.2) is 6.04 Å². The Morgan fingerprint density at radius 3 is 2.48 bits per heavy atom. The lowest BCUT2D eigenvalue weighted by molar-refractivity contribution is -0.164. The van der Waals surface area contributed by atoms with Gasteiger partial charge in [-0.15, -0.1) is 11.8 Å². The first-order chi connectivity index (χ1) is 15.9. The Morgan fingerprint density at radius 1 is 1.15 bits per heavy atom. The maximum absolute atomic E-state index is 12.9. The number of carbonyl (C=O) groups is 3. The van der Waals surface area contributed by atoms with Crippen molar-refractivity contribution < 1.29 is 23.9 Å². The largest absolute Gasteiger partial charge is 0.497 e. The smallest absolute Gasteiger partial charge is 0.331 e. The lowest BCUT2D eigenvalue weighted by Gasteiger charge is -2.43. The molecule has 8 nitrogen and oxygen atoms in total. The number of methoxy groups -OCH3 is 1. The summed E-state index contributed by atoms with van der Waals surface area (Å²) in [6.07, 6.45) is 0.144. The van der Waals surface area contributed by atoms with Gasteiger partial charge in [-0.3, -0.25) is 9.59 Å². The summed E-state index contributed by atoms with van der Waals surface area (Å²) >= 11 is 1.20. The fraction of sp³-hybridized carbons (Fsp3) is 0.333. The Hall–Kier alpha value is -3.51. The van der Waals surface area contributed by atoms with Gasteiger partial charge in [0.2, 0.25) is 11.8 Å². The third-order valence-electron chi connectivity index (χ3n) is 5.75. The number of β-lactam (4-membered cyclic amide) rings is 1. The molecule has 1 N–H and O–H groups in total. The Labute approximate surface area is 195 Å². The number of thioether (sulfide) groups is 1. The third kappa shape index (κ3) is 4.39. The second-order valence-electron chi connectivity index (χ2n) is 8.04. The monoisotopic (exact) mass is 465 g/mol. The Balaban J connectivity index is 1.41. The molecule has 0 bridgehead atoms. The van der Waals surface area contributed by atoms with E-state index in [4.69, 9.17) is 9.47 Å². The normalized spacial score (nSPS) is 25.4. The van der Waals surface area contributed by atoms with Crippen molar-refractivity contribution >= 4 is 29.5 Å². The van der Waals surface area contributed by atoms with E-state index in [9.17, 15) is 19.6 Å². The highest BCUT2D eigenvalue weighted by Gasteiger charge is 2.66. The van der Waals surface area contributed by atoms with Crippen LogP contribution in [-0.4, -0.2) is 52.0 Å². The molecule has 170 valence electrons. The molecular formula is C24H23N3O5S. The van der Waals surface area contributed by atoms with Crippen LogP contribution in [-0.2, 0) is 32.1 Å². The number of nitrogens with zero attached hydrogens (tertiary/aromatic N) is 2. The second-order valence-corrected chi connectivity index (χ2v) is 9.61. The van der Waals surface area contributed by atoms with Crippen LogP contribution in [0.5, 0.6) is 5.75 Å². The zero-order valence-corrected chi connectivity index (χ0v) is 19.0. The summed E-state index contributed by atoms with van der Waals surface area (Å²) in [6.45, 7) is 1.63. The number of benzene rings is 2. The fourth-order valence-corrected chi connectivity index (χ4v) is 5.54. The first-order valence-electron chi connectivity index (χ1n) is 10.4. The van der Waals surface area contributed by atoms with Gasteiger partial charge < -0.3 is 19.7 Å². The van der Waals surface area contributed by atoms with Gasteiger partial charge in [-0.2, -0.15) is 5.26 Å². The third-order valence-corrected chi connectivity index (χ3v) is 7.30. The van der Waals surface area contributed by atoms with Crippen LogP contribution in [0.4, 0.5) is 0 Å². The quantitative estimate of drug-likeness (QED) is 0.492. The highest BCUT2D eigenvalue weighted by molar-refractivity contribution is 8.02. The Kier molecular flexibility index (Phi) is 6.29. The summed E-state index contributed by atoms with van der Waals surface area (Å²) in [5, 5.41) is 12.0. The second kappa shape index (κ2) is 9.16. The molecule has 0 saturated carbocycles. The average molecular weight is 466 g/mol. The molecule has 2 amide bonds. The van der Waals surface area contributed by atoms with Crippen molar-refractivity contribution in [1.29, 1.82) is 5.26 Å². The van der Waals surface area contributed by atoms with Crippen LogP contribution in [0.2, 0.25) is 0 Å². The van der Waals surface area contributed by atoms with Crippen LogP contribution in [0.15, 0.2) is 54.6 Å². The van der Waals surface area contributed by atoms with E-state index in [1.807, 2.05) is 30.3 Å². The van der Waals surface area contributed by atoms with Crippen LogP contribution in [0.1, 0.15) is 18.1 Å². The van der Waals surface area contributed by atoms with E-state index in [-0.39, 0.29) is 24.8 Å². The van der Waals surface area contributed by atoms with Crippen LogP contribution in [0, 0.1) is 11.3 Å². The Morgan fingerprint density at radius 2 is 1.85 bits per heavy atom. The lowest BCUT2D eigenvalue weighted by Crippen LogP contribution is -2.70. The predicted octanol–water partition coefficient (Wildman–Crippen LogP) is 2.03. The standard InChI is InChI=1S/C24H23N3O5S/c1-24(14-25)20(23(30)32-13-16-8-10-17(31-2)11-9-16)27-21(29)19(22(27)33-24)26-18(28)12-15-6-4-3-5-7-15/h3-11,19-20,22H,12-13H2,1-2H3,(H,26,28). The van der Waals surface area contributed by atoms with Gasteiger partial charge in [0.25, 0.3) is 0 Å². The maximum atomic E-state index is 12.9. The molecule has 2 aromatic carbocycles. The van der Waals surface area contributed by atoms with E-state index in [1.165, 1.54) is 16.7 Å². The number of hydrogen-bond donors (Lipinski definition) is 1. The van der Waals surface area contributed by atoms with E-state index in [0.717, 1.165) is 11.1 Å². The summed E-state index contributed by atoms with van der Waals surface area (Å²) in [6, 6.07) is 16.6. The van der Waals surface area contributed by atoms with E-state index < -0.39 is 28.2 Å². The minimum Gasteiger partial charge on any atom is -0.497 e. The molecular weight excluding hydrogens is 442 g/mol. The van der Waals surface area contributed by atoms with Crippen molar-refractivity contribution in [3.63, 3.8) is 0 Å². The molecule has 9 heteroatoms. The van der Waals surface area contributed by atoms with Crippen molar-refractivity contribution in [3.05, 3.63) is 65.7 Å². The minimum atomic E-state index is -1.18. The molecule has 2 aromatic rings. The first kappa shape index (κ1) is 22.7. The summed E-state index contributed by atoms with van der Waals surface area (Å²) in [5.41, 5.74) is 1.59. The van der Waals surface area contributed by atoms with Crippen molar-refractivity contribution in [1.82, 2.24) is 10.2 Å². The summed E-state index contributed by atoms with van der Waals surface area (Å²) < 4.78 is 9.38. The SMILES string of the molecule is COc1ccc(COC(=O)C2N3C(=O)C(NC(=O)Cc4ccccc4)C3SC2(C)C#N)cc1. The number of esters is 1. The fourth-order valence-electron chi connectivity index (χ4n) is 3.99. The molecule has 4 unspecified atom stereocenters. The predicted molar refractivity (Wildman–Crippen MR) is 121 cm³/mol. The van der Waals surface area contributed by atoms with Gasteiger partial charge in [-0.05, 0) is 30.2 Å². The van der Waals surface area contributed by atoms with Gasteiger partial charge in [-0.25, -0.2) is 4.79 Å². The van der Waals surface area contributed by atoms with Crippen molar-refractivity contribution in [2.75, 3.05) is 7.11 Å². The molecule has 2 fully saturated rings. The number of amides is 2. The van der Waals surface area contributed by atoms with E-state index in [1.54, 1.807) is 38.3 Å². The molecule has 2 aliphatic heterocycles. The van der Waals surface area contributed by atoms with Crippen LogP contribution < -0.4 is 10.1 Å². The van der Waals surface area contributed by atoms with Crippen molar-refractivity contribution in [2.45, 2.75) is 42.2 Å². The molecule has 0 aliphatic carbocycles. The molecule has 33 heavy (non-hydrogen) atoms. The van der Waals surface area contributed by atoms with Crippen LogP contribution in [0.3, 0.4) is 0 Å². The molecule has 4 atom stereocenters. The summed E-state index contributed by atoms with van der Waals surface area (Å²) in [4.78, 5) is 39.6. The zero-order valence-electron chi connectivity index (χ0n) is 18.2. The van der Waals surface area contributed by atoms with E-state index in [0.29, 0.717) is 5.75 Å². The number of nitrogens with one attached hydrogen (secondary N) is 1. The molecule has 2 heterocycles. The van der Waals surface area contributed by atoms with Gasteiger partial charge in [0, 0.05) is 0 Å². The Bertz CT molecular complexity index is 1100. The highest BCUT2D eigenvalue weighted by atomic mass is 32.2. The van der Waals surface area contributed by atoms with Gasteiger partial charge in [-0.1, -0.05) is 42.5 Å². The molecule has 0 aromatic heterocycles. The van der Waals surface area contributed by atoms with E-state index in [2.05, 4.69) is 11.4 Å². The van der Waals surface area contributed by atoms with Gasteiger partial charge in [0.05, 0.1) is 19.6 Å². The average Bonchev–Trinajstić information content (AvgIpc) is 3.12. The van der Waals surface area contributed by atoms with Gasteiger partial charge >= 0.3 is 5.97 Å². The topological polar surface area (TPSA) is 109 Å². The van der Waals surface area contributed by atoms with Crippen LogP contribution >= 0.6 is 11.8 Å². The number of carbonyl (C=O) groups excluding carboxylic acids is 3. The van der Waals surface area contributed by atoms with Gasteiger partial charge in [0.1, 0.15) is 28.5 Å². The van der Waals surface area contributed by atoms with Crippen molar-refractivity contribution in [3.8, 4) is 11.8 Å². The summed E-state index contributed by atoms with van der Waals surface area (Å²) in [7, 11) is 1.56. The molecule has 0 spiro atoms. The molecule has 0 radical (unpaired) electrons. The molecule has 2 aliphatic rings. The first-order valence-corrected chi connectivity index (χ1v) is 11.3.